The van der Waals surface area contributed by atoms with Gasteiger partial charge in [-0.25, -0.2) is 14.5 Å². The average molecular weight is 235 g/mol. The zero-order valence-electron chi connectivity index (χ0n) is 9.91. The maximum Gasteiger partial charge on any atom is 0.378 e. The molecular formula is C10H13N5O2. The number of ether oxygens (including phenoxy) is 1. The van der Waals surface area contributed by atoms with Crippen molar-refractivity contribution < 1.29 is 9.53 Å². The summed E-state index contributed by atoms with van der Waals surface area (Å²) < 4.78 is 8.14. The summed E-state index contributed by atoms with van der Waals surface area (Å²) in [5.74, 6) is 0.0638. The lowest BCUT2D eigenvalue weighted by atomic mass is 10.4. The van der Waals surface area contributed by atoms with Gasteiger partial charge in [-0.2, -0.15) is 4.98 Å². The molecule has 0 fully saturated rings. The van der Waals surface area contributed by atoms with Crippen LogP contribution in [0.15, 0.2) is 12.5 Å². The summed E-state index contributed by atoms with van der Waals surface area (Å²) >= 11 is 0. The van der Waals surface area contributed by atoms with Crippen LogP contribution in [0.4, 0.5) is 0 Å². The van der Waals surface area contributed by atoms with E-state index in [0.717, 1.165) is 0 Å². The van der Waals surface area contributed by atoms with Gasteiger partial charge in [0, 0.05) is 20.3 Å². The van der Waals surface area contributed by atoms with Crippen LogP contribution >= 0.6 is 0 Å². The second-order valence-corrected chi connectivity index (χ2v) is 3.53. The molecule has 2 rings (SSSR count). The van der Waals surface area contributed by atoms with Crippen molar-refractivity contribution in [3.05, 3.63) is 18.3 Å². The number of hydrogen-bond acceptors (Lipinski definition) is 5. The van der Waals surface area contributed by atoms with E-state index in [4.69, 9.17) is 4.74 Å². The fourth-order valence-corrected chi connectivity index (χ4v) is 1.42. The van der Waals surface area contributed by atoms with Crippen molar-refractivity contribution in [1.29, 1.82) is 0 Å². The number of esters is 1. The molecule has 2 heterocycles. The Hall–Kier alpha value is -2.18. The van der Waals surface area contributed by atoms with E-state index >= 15 is 0 Å². The Kier molecular flexibility index (Phi) is 2.90. The number of aromatic nitrogens is 5. The largest absolute Gasteiger partial charge is 0.460 e. The Morgan fingerprint density at radius 2 is 2.24 bits per heavy atom. The van der Waals surface area contributed by atoms with Crippen molar-refractivity contribution in [2.45, 2.75) is 6.92 Å². The number of carbonyl (C=O) groups excluding carboxylic acids is 1. The van der Waals surface area contributed by atoms with Crippen molar-refractivity contribution in [2.24, 2.45) is 14.1 Å². The van der Waals surface area contributed by atoms with Crippen LogP contribution in [0.1, 0.15) is 17.5 Å². The molecule has 17 heavy (non-hydrogen) atoms. The molecule has 7 heteroatoms. The van der Waals surface area contributed by atoms with Crippen LogP contribution in [0.25, 0.3) is 11.5 Å². The van der Waals surface area contributed by atoms with Crippen LogP contribution in [-0.4, -0.2) is 36.9 Å². The molecule has 0 aliphatic heterocycles. The van der Waals surface area contributed by atoms with Crippen LogP contribution in [0.3, 0.4) is 0 Å². The van der Waals surface area contributed by atoms with E-state index in [0.29, 0.717) is 18.1 Å². The van der Waals surface area contributed by atoms with Crippen molar-refractivity contribution in [3.63, 3.8) is 0 Å². The zero-order valence-corrected chi connectivity index (χ0v) is 9.91. The molecule has 0 atom stereocenters. The lowest BCUT2D eigenvalue weighted by Crippen LogP contribution is -2.07. The highest BCUT2D eigenvalue weighted by atomic mass is 16.5. The van der Waals surface area contributed by atoms with Crippen LogP contribution in [0.5, 0.6) is 0 Å². The standard InChI is InChI=1S/C10H13N5O2/c1-4-17-10(16)8-12-9(15(3)13-8)7-5-14(2)6-11-7/h5-6H,4H2,1-3H3. The van der Waals surface area contributed by atoms with Gasteiger partial charge in [0.25, 0.3) is 5.82 Å². The third kappa shape index (κ3) is 2.17. The van der Waals surface area contributed by atoms with Crippen LogP contribution < -0.4 is 0 Å². The summed E-state index contributed by atoms with van der Waals surface area (Å²) in [7, 11) is 3.57. The highest BCUT2D eigenvalue weighted by Gasteiger charge is 2.17. The molecule has 90 valence electrons. The number of hydrogen-bond donors (Lipinski definition) is 0. The van der Waals surface area contributed by atoms with Crippen LogP contribution in [0.2, 0.25) is 0 Å². The third-order valence-electron chi connectivity index (χ3n) is 2.16. The predicted octanol–water partition coefficient (Wildman–Crippen LogP) is 0.392. The fourth-order valence-electron chi connectivity index (χ4n) is 1.42. The van der Waals surface area contributed by atoms with Gasteiger partial charge >= 0.3 is 5.97 Å². The molecule has 2 aromatic heterocycles. The summed E-state index contributed by atoms with van der Waals surface area (Å²) in [6, 6.07) is 0. The minimum absolute atomic E-state index is 0.0509. The molecule has 0 saturated carbocycles. The van der Waals surface area contributed by atoms with Gasteiger partial charge < -0.3 is 9.30 Å². The maximum absolute atomic E-state index is 11.5. The van der Waals surface area contributed by atoms with E-state index < -0.39 is 5.97 Å². The summed E-state index contributed by atoms with van der Waals surface area (Å²) in [6.45, 7) is 2.04. The lowest BCUT2D eigenvalue weighted by Gasteiger charge is -1.94. The minimum atomic E-state index is -0.523. The van der Waals surface area contributed by atoms with Gasteiger partial charge in [0.1, 0.15) is 5.69 Å². The smallest absolute Gasteiger partial charge is 0.378 e. The third-order valence-corrected chi connectivity index (χ3v) is 2.16. The monoisotopic (exact) mass is 235 g/mol. The molecule has 0 saturated heterocycles. The van der Waals surface area contributed by atoms with Gasteiger partial charge in [-0.15, -0.1) is 5.10 Å². The quantitative estimate of drug-likeness (QED) is 0.719. The SMILES string of the molecule is CCOC(=O)c1nc(-c2cn(C)cn2)n(C)n1. The van der Waals surface area contributed by atoms with E-state index in [-0.39, 0.29) is 5.82 Å². The molecule has 0 spiro atoms. The molecule has 0 radical (unpaired) electrons. The van der Waals surface area contributed by atoms with Gasteiger partial charge in [0.15, 0.2) is 5.82 Å². The van der Waals surface area contributed by atoms with Gasteiger partial charge in [-0.1, -0.05) is 0 Å². The van der Waals surface area contributed by atoms with E-state index in [2.05, 4.69) is 15.1 Å². The number of carbonyl (C=O) groups is 1. The predicted molar refractivity (Wildman–Crippen MR) is 59.2 cm³/mol. The van der Waals surface area contributed by atoms with E-state index in [1.54, 1.807) is 31.1 Å². The normalized spacial score (nSPS) is 10.5. The lowest BCUT2D eigenvalue weighted by molar-refractivity contribution is 0.0512. The summed E-state index contributed by atoms with van der Waals surface area (Å²) in [5.41, 5.74) is 0.665. The van der Waals surface area contributed by atoms with Gasteiger partial charge in [-0.3, -0.25) is 0 Å². The fraction of sp³-hybridized carbons (Fsp3) is 0.400. The molecule has 0 aromatic carbocycles. The Bertz CT molecular complexity index is 543. The Balaban J connectivity index is 2.34. The van der Waals surface area contributed by atoms with E-state index in [1.807, 2.05) is 7.05 Å². The number of imidazole rings is 1. The molecule has 7 nitrogen and oxygen atoms in total. The van der Waals surface area contributed by atoms with Crippen molar-refractivity contribution in [3.8, 4) is 11.5 Å². The molecule has 0 N–H and O–H groups in total. The van der Waals surface area contributed by atoms with Crippen molar-refractivity contribution in [1.82, 2.24) is 24.3 Å². The first-order valence-electron chi connectivity index (χ1n) is 5.18. The van der Waals surface area contributed by atoms with Crippen molar-refractivity contribution >= 4 is 5.97 Å². The molecular weight excluding hydrogens is 222 g/mol. The zero-order chi connectivity index (χ0) is 12.4. The Morgan fingerprint density at radius 3 is 2.82 bits per heavy atom. The highest BCUT2D eigenvalue weighted by molar-refractivity contribution is 5.85. The molecule has 2 aromatic rings. The number of aryl methyl sites for hydroxylation is 2. The molecule has 0 aliphatic carbocycles. The first-order chi connectivity index (χ1) is 8.11. The Labute approximate surface area is 98.1 Å². The molecule has 0 amide bonds. The topological polar surface area (TPSA) is 74.8 Å². The maximum atomic E-state index is 11.5. The van der Waals surface area contributed by atoms with Gasteiger partial charge in [0.2, 0.25) is 0 Å². The van der Waals surface area contributed by atoms with Crippen molar-refractivity contribution in [2.75, 3.05) is 6.61 Å². The first-order valence-corrected chi connectivity index (χ1v) is 5.18. The van der Waals surface area contributed by atoms with Crippen LogP contribution in [-0.2, 0) is 18.8 Å². The number of nitrogens with zero attached hydrogens (tertiary/aromatic N) is 5. The van der Waals surface area contributed by atoms with Gasteiger partial charge in [0.05, 0.1) is 12.9 Å². The van der Waals surface area contributed by atoms with E-state index in [1.165, 1.54) is 4.68 Å². The second-order valence-electron chi connectivity index (χ2n) is 3.53. The average Bonchev–Trinajstić information content (AvgIpc) is 2.85. The molecule has 0 unspecified atom stereocenters. The van der Waals surface area contributed by atoms with Crippen LogP contribution in [0, 0.1) is 0 Å². The second kappa shape index (κ2) is 4.36. The first kappa shape index (κ1) is 11.3. The van der Waals surface area contributed by atoms with E-state index in [9.17, 15) is 4.79 Å². The summed E-state index contributed by atoms with van der Waals surface area (Å²) in [4.78, 5) is 19.7. The highest BCUT2D eigenvalue weighted by Crippen LogP contribution is 2.13. The molecule has 0 bridgehead atoms. The molecule has 0 aliphatic rings. The number of rotatable bonds is 3. The van der Waals surface area contributed by atoms with Gasteiger partial charge in [-0.05, 0) is 6.92 Å². The summed E-state index contributed by atoms with van der Waals surface area (Å²) in [6.07, 6.45) is 3.47. The summed E-state index contributed by atoms with van der Waals surface area (Å²) in [5, 5.41) is 4.00. The Morgan fingerprint density at radius 1 is 1.47 bits per heavy atom. The minimum Gasteiger partial charge on any atom is -0.460 e.